The highest BCUT2D eigenvalue weighted by Gasteiger charge is 2.36. The Morgan fingerprint density at radius 1 is 0.949 bits per heavy atom. The number of carbonyl (C=O) groups is 3. The fraction of sp³-hybridized carbons (Fsp3) is 0.710. The van der Waals surface area contributed by atoms with E-state index in [4.69, 9.17) is 4.74 Å². The van der Waals surface area contributed by atoms with E-state index in [1.54, 1.807) is 25.7 Å². The number of aryl methyl sites for hydroxylation is 2. The van der Waals surface area contributed by atoms with Gasteiger partial charge in [0, 0.05) is 18.8 Å². The normalized spacial score (nSPS) is 12.9. The summed E-state index contributed by atoms with van der Waals surface area (Å²) in [5.74, 6) is -0.450. The highest BCUT2D eigenvalue weighted by molar-refractivity contribution is 7.80. The molecule has 1 aromatic rings. The van der Waals surface area contributed by atoms with Crippen LogP contribution in [0.3, 0.4) is 0 Å². The van der Waals surface area contributed by atoms with E-state index in [-0.39, 0.29) is 17.6 Å². The number of nitrogens with one attached hydrogen (secondary N) is 2. The second-order valence-corrected chi connectivity index (χ2v) is 11.8. The summed E-state index contributed by atoms with van der Waals surface area (Å²) >= 11 is 4.39. The molecule has 0 saturated carbocycles. The number of nitrogens with zero attached hydrogens (tertiary/aromatic N) is 1. The molecule has 222 valence electrons. The van der Waals surface area contributed by atoms with Crippen molar-refractivity contribution in [3.63, 3.8) is 0 Å². The number of ether oxygens (including phenoxy) is 1. The summed E-state index contributed by atoms with van der Waals surface area (Å²) in [4.78, 5) is 42.0. The molecule has 1 aromatic carbocycles. The molecular formula is C31H53N3O4S. The molecule has 7 nitrogen and oxygen atoms in total. The zero-order valence-corrected chi connectivity index (χ0v) is 26.3. The van der Waals surface area contributed by atoms with E-state index in [0.717, 1.165) is 68.1 Å². The van der Waals surface area contributed by atoms with Crippen LogP contribution in [0.5, 0.6) is 0 Å². The van der Waals surface area contributed by atoms with Crippen molar-refractivity contribution < 1.29 is 19.1 Å². The van der Waals surface area contributed by atoms with Gasteiger partial charge in [0.15, 0.2) is 0 Å². The van der Waals surface area contributed by atoms with Crippen LogP contribution in [0.1, 0.15) is 115 Å². The summed E-state index contributed by atoms with van der Waals surface area (Å²) in [5.41, 5.74) is 2.13. The Balaban J connectivity index is 3.36. The van der Waals surface area contributed by atoms with Crippen LogP contribution in [0.25, 0.3) is 0 Å². The van der Waals surface area contributed by atoms with E-state index in [2.05, 4.69) is 37.1 Å². The number of thiol groups is 1. The Morgan fingerprint density at radius 2 is 1.56 bits per heavy atom. The first-order valence-electron chi connectivity index (χ1n) is 14.7. The maximum atomic E-state index is 14.0. The van der Waals surface area contributed by atoms with Crippen molar-refractivity contribution in [1.29, 1.82) is 0 Å². The first-order chi connectivity index (χ1) is 18.4. The molecule has 8 heteroatoms. The second-order valence-electron chi connectivity index (χ2n) is 11.4. The van der Waals surface area contributed by atoms with E-state index in [9.17, 15) is 14.4 Å². The summed E-state index contributed by atoms with van der Waals surface area (Å²) in [6.45, 7) is 14.6. The Bertz CT molecular complexity index is 900. The number of hydrogen-bond donors (Lipinski definition) is 3. The molecule has 0 spiro atoms. The lowest BCUT2D eigenvalue weighted by atomic mass is 9.96. The molecule has 0 aliphatic carbocycles. The quantitative estimate of drug-likeness (QED) is 0.146. The molecule has 0 heterocycles. The molecule has 0 fully saturated rings. The van der Waals surface area contributed by atoms with Gasteiger partial charge in [0.2, 0.25) is 11.8 Å². The molecule has 0 radical (unpaired) electrons. The van der Waals surface area contributed by atoms with Gasteiger partial charge in [-0.2, -0.15) is 12.6 Å². The zero-order valence-electron chi connectivity index (χ0n) is 25.4. The van der Waals surface area contributed by atoms with E-state index >= 15 is 0 Å². The maximum absolute atomic E-state index is 14.0. The predicted molar refractivity (Wildman–Crippen MR) is 163 cm³/mol. The lowest BCUT2D eigenvalue weighted by molar-refractivity contribution is -0.142. The van der Waals surface area contributed by atoms with Gasteiger partial charge in [-0.1, -0.05) is 82.6 Å². The molecule has 2 atom stereocenters. The minimum absolute atomic E-state index is 0.0861. The van der Waals surface area contributed by atoms with Gasteiger partial charge in [0.05, 0.1) is 0 Å². The van der Waals surface area contributed by atoms with E-state index in [1.807, 2.05) is 32.0 Å². The fourth-order valence-electron chi connectivity index (χ4n) is 4.53. The summed E-state index contributed by atoms with van der Waals surface area (Å²) in [7, 11) is 0. The highest BCUT2D eigenvalue weighted by Crippen LogP contribution is 2.27. The van der Waals surface area contributed by atoms with Gasteiger partial charge < -0.3 is 20.3 Å². The minimum Gasteiger partial charge on any atom is -0.444 e. The average Bonchev–Trinajstić information content (AvgIpc) is 2.85. The van der Waals surface area contributed by atoms with Gasteiger partial charge in [0.25, 0.3) is 0 Å². The van der Waals surface area contributed by atoms with Crippen molar-refractivity contribution in [2.75, 3.05) is 18.8 Å². The van der Waals surface area contributed by atoms with Crippen LogP contribution in [0.2, 0.25) is 0 Å². The topological polar surface area (TPSA) is 87.7 Å². The van der Waals surface area contributed by atoms with Gasteiger partial charge in [-0.3, -0.25) is 9.59 Å². The first kappa shape index (κ1) is 34.8. The number of carbonyl (C=O) groups excluding carboxylic acids is 3. The second kappa shape index (κ2) is 18.2. The van der Waals surface area contributed by atoms with Gasteiger partial charge in [0.1, 0.15) is 17.7 Å². The Labute approximate surface area is 242 Å². The number of amides is 3. The van der Waals surface area contributed by atoms with E-state index < -0.39 is 23.8 Å². The lowest BCUT2D eigenvalue weighted by Gasteiger charge is -2.35. The molecule has 0 bridgehead atoms. The SMILES string of the molecule is CCCCCCCCN(C(=O)C(CS)NC(=O)OC(C)(C)C)C(C(=O)NCCCCC)c1ccc(C)cc1C. The third-order valence-corrected chi connectivity index (χ3v) is 6.93. The van der Waals surface area contributed by atoms with Crippen molar-refractivity contribution >= 4 is 30.5 Å². The van der Waals surface area contributed by atoms with Gasteiger partial charge >= 0.3 is 6.09 Å². The zero-order chi connectivity index (χ0) is 29.4. The van der Waals surface area contributed by atoms with Gasteiger partial charge in [-0.25, -0.2) is 4.79 Å². The number of rotatable bonds is 17. The average molecular weight is 564 g/mol. The van der Waals surface area contributed by atoms with Crippen molar-refractivity contribution in [1.82, 2.24) is 15.5 Å². The molecule has 0 aromatic heterocycles. The van der Waals surface area contributed by atoms with Crippen LogP contribution in [0.15, 0.2) is 18.2 Å². The Kier molecular flexibility index (Phi) is 16.2. The molecule has 39 heavy (non-hydrogen) atoms. The summed E-state index contributed by atoms with van der Waals surface area (Å²) in [6, 6.07) is 4.22. The Hall–Kier alpha value is -2.22. The van der Waals surface area contributed by atoms with Crippen LogP contribution in [0.4, 0.5) is 4.79 Å². The number of unbranched alkanes of at least 4 members (excludes halogenated alkanes) is 7. The number of alkyl carbamates (subject to hydrolysis) is 1. The summed E-state index contributed by atoms with van der Waals surface area (Å²) in [5, 5.41) is 5.77. The van der Waals surface area contributed by atoms with Gasteiger partial charge in [-0.05, 0) is 58.6 Å². The third-order valence-electron chi connectivity index (χ3n) is 6.57. The third kappa shape index (κ3) is 13.1. The van der Waals surface area contributed by atoms with E-state index in [0.29, 0.717) is 13.1 Å². The van der Waals surface area contributed by atoms with Crippen molar-refractivity contribution in [2.45, 2.75) is 124 Å². The van der Waals surface area contributed by atoms with Crippen LogP contribution < -0.4 is 10.6 Å². The molecule has 3 amide bonds. The molecule has 0 aliphatic rings. The van der Waals surface area contributed by atoms with Crippen LogP contribution in [-0.4, -0.2) is 53.3 Å². The fourth-order valence-corrected chi connectivity index (χ4v) is 4.78. The maximum Gasteiger partial charge on any atom is 0.408 e. The van der Waals surface area contributed by atoms with Crippen LogP contribution in [-0.2, 0) is 14.3 Å². The monoisotopic (exact) mass is 563 g/mol. The molecular weight excluding hydrogens is 510 g/mol. The first-order valence-corrected chi connectivity index (χ1v) is 15.3. The number of hydrogen-bond acceptors (Lipinski definition) is 5. The summed E-state index contributed by atoms with van der Waals surface area (Å²) < 4.78 is 5.40. The Morgan fingerprint density at radius 3 is 2.15 bits per heavy atom. The number of benzene rings is 1. The van der Waals surface area contributed by atoms with Crippen molar-refractivity contribution in [2.24, 2.45) is 0 Å². The molecule has 1 rings (SSSR count). The standard InChI is InChI=1S/C31H53N3O4S/c1-8-10-12-13-14-16-20-34(29(36)26(22-39)33-30(37)38-31(5,6)7)27(28(35)32-19-15-11-9-2)25-18-17-23(3)21-24(25)4/h17-18,21,26-27,39H,8-16,19-20,22H2,1-7H3,(H,32,35)(H,33,37). The molecule has 0 saturated heterocycles. The molecule has 2 unspecified atom stereocenters. The molecule has 0 aliphatic heterocycles. The van der Waals surface area contributed by atoms with Crippen LogP contribution in [0, 0.1) is 13.8 Å². The molecule has 2 N–H and O–H groups in total. The van der Waals surface area contributed by atoms with Crippen molar-refractivity contribution in [3.05, 3.63) is 34.9 Å². The van der Waals surface area contributed by atoms with Gasteiger partial charge in [-0.15, -0.1) is 0 Å². The smallest absolute Gasteiger partial charge is 0.408 e. The van der Waals surface area contributed by atoms with Crippen LogP contribution >= 0.6 is 12.6 Å². The largest absolute Gasteiger partial charge is 0.444 e. The predicted octanol–water partition coefficient (Wildman–Crippen LogP) is 6.66. The van der Waals surface area contributed by atoms with E-state index in [1.165, 1.54) is 6.42 Å². The van der Waals surface area contributed by atoms with Crippen molar-refractivity contribution in [3.8, 4) is 0 Å². The summed E-state index contributed by atoms with van der Waals surface area (Å²) in [6.07, 6.45) is 8.61. The minimum atomic E-state index is -0.926. The highest BCUT2D eigenvalue weighted by atomic mass is 32.1. The lowest BCUT2D eigenvalue weighted by Crippen LogP contribution is -2.54.